The Bertz CT molecular complexity index is 342. The quantitative estimate of drug-likeness (QED) is 0.670. The third-order valence-electron chi connectivity index (χ3n) is 3.31. The highest BCUT2D eigenvalue weighted by molar-refractivity contribution is 5.96. The van der Waals surface area contributed by atoms with Crippen LogP contribution in [0.4, 0.5) is 0 Å². The van der Waals surface area contributed by atoms with Crippen LogP contribution in [0.3, 0.4) is 0 Å². The monoisotopic (exact) mass is 242 g/mol. The highest BCUT2D eigenvalue weighted by Crippen LogP contribution is 2.23. The largest absolute Gasteiger partial charge is 0.481 e. The van der Waals surface area contributed by atoms with Crippen molar-refractivity contribution < 1.29 is 19.5 Å². The van der Waals surface area contributed by atoms with E-state index in [0.29, 0.717) is 12.8 Å². The number of carboxylic acid groups (broad SMARTS) is 1. The number of amides is 2. The number of aliphatic carboxylic acids is 1. The lowest BCUT2D eigenvalue weighted by Gasteiger charge is -2.37. The molecular formula is C11H18N2O4. The van der Waals surface area contributed by atoms with Crippen LogP contribution in [-0.2, 0) is 14.4 Å². The molecule has 0 saturated carbocycles. The molecule has 0 radical (unpaired) electrons. The number of hydrogen-bond donors (Lipinski definition) is 2. The van der Waals surface area contributed by atoms with E-state index in [1.807, 2.05) is 6.92 Å². The van der Waals surface area contributed by atoms with Crippen LogP contribution < -0.4 is 5.73 Å². The molecule has 0 aromatic carbocycles. The first-order valence-corrected chi connectivity index (χ1v) is 5.67. The number of nitrogens with two attached hydrogens (primary N) is 1. The van der Waals surface area contributed by atoms with Crippen molar-refractivity contribution in [2.75, 3.05) is 6.54 Å². The van der Waals surface area contributed by atoms with Gasteiger partial charge in [0.25, 0.3) is 0 Å². The summed E-state index contributed by atoms with van der Waals surface area (Å²) in [6.45, 7) is 3.43. The van der Waals surface area contributed by atoms with E-state index in [0.717, 1.165) is 0 Å². The summed E-state index contributed by atoms with van der Waals surface area (Å²) >= 11 is 0. The Hall–Kier alpha value is -1.59. The van der Waals surface area contributed by atoms with Crippen LogP contribution in [0.2, 0.25) is 0 Å². The van der Waals surface area contributed by atoms with Crippen molar-refractivity contribution in [3.63, 3.8) is 0 Å². The van der Waals surface area contributed by atoms with Gasteiger partial charge in [-0.05, 0) is 26.7 Å². The molecule has 0 aromatic heterocycles. The average Bonchev–Trinajstić information content (AvgIpc) is 2.27. The van der Waals surface area contributed by atoms with Gasteiger partial charge in [-0.25, -0.2) is 0 Å². The zero-order chi connectivity index (χ0) is 13.2. The number of carbonyl (C=O) groups excluding carboxylic acids is 2. The van der Waals surface area contributed by atoms with Crippen molar-refractivity contribution in [1.29, 1.82) is 0 Å². The number of carbonyl (C=O) groups is 3. The fourth-order valence-electron chi connectivity index (χ4n) is 2.00. The van der Waals surface area contributed by atoms with Gasteiger partial charge < -0.3 is 15.7 Å². The molecule has 1 aliphatic heterocycles. The van der Waals surface area contributed by atoms with Gasteiger partial charge in [0.2, 0.25) is 11.8 Å². The van der Waals surface area contributed by atoms with Crippen LogP contribution >= 0.6 is 0 Å². The molecule has 6 nitrogen and oxygen atoms in total. The molecule has 1 aliphatic rings. The summed E-state index contributed by atoms with van der Waals surface area (Å²) in [5.41, 5.74) is 5.22. The summed E-state index contributed by atoms with van der Waals surface area (Å²) in [5.74, 6) is -3.47. The Kier molecular flexibility index (Phi) is 4.09. The van der Waals surface area contributed by atoms with Crippen LogP contribution in [0.1, 0.15) is 26.7 Å². The van der Waals surface area contributed by atoms with Crippen LogP contribution in [0.15, 0.2) is 0 Å². The molecule has 3 N–H and O–H groups in total. The van der Waals surface area contributed by atoms with Gasteiger partial charge in [0.05, 0.1) is 5.92 Å². The molecule has 1 heterocycles. The van der Waals surface area contributed by atoms with Gasteiger partial charge in [-0.15, -0.1) is 0 Å². The summed E-state index contributed by atoms with van der Waals surface area (Å²) in [4.78, 5) is 35.2. The summed E-state index contributed by atoms with van der Waals surface area (Å²) in [5, 5.41) is 8.81. The average molecular weight is 242 g/mol. The van der Waals surface area contributed by atoms with Gasteiger partial charge in [0.15, 0.2) is 0 Å². The third-order valence-corrected chi connectivity index (χ3v) is 3.31. The Morgan fingerprint density at radius 1 is 1.35 bits per heavy atom. The van der Waals surface area contributed by atoms with Crippen LogP contribution in [0.5, 0.6) is 0 Å². The Morgan fingerprint density at radius 2 is 1.94 bits per heavy atom. The number of likely N-dealkylation sites (tertiary alicyclic amines) is 1. The molecule has 96 valence electrons. The van der Waals surface area contributed by atoms with E-state index in [1.165, 1.54) is 11.8 Å². The number of primary amides is 1. The van der Waals surface area contributed by atoms with Crippen molar-refractivity contribution in [3.8, 4) is 0 Å². The summed E-state index contributed by atoms with van der Waals surface area (Å²) < 4.78 is 0. The van der Waals surface area contributed by atoms with Crippen molar-refractivity contribution >= 4 is 17.8 Å². The molecule has 17 heavy (non-hydrogen) atoms. The maximum absolute atomic E-state index is 11.9. The van der Waals surface area contributed by atoms with Crippen LogP contribution in [0.25, 0.3) is 0 Å². The van der Waals surface area contributed by atoms with Gasteiger partial charge in [-0.3, -0.25) is 14.4 Å². The van der Waals surface area contributed by atoms with Gasteiger partial charge in [0, 0.05) is 12.6 Å². The molecule has 2 amide bonds. The summed E-state index contributed by atoms with van der Waals surface area (Å²) in [6.07, 6.45) is 1.33. The number of hydrogen-bond acceptors (Lipinski definition) is 3. The lowest BCUT2D eigenvalue weighted by Crippen LogP contribution is -2.51. The Labute approximate surface area is 99.8 Å². The molecule has 0 aliphatic carbocycles. The Balaban J connectivity index is 2.76. The van der Waals surface area contributed by atoms with Gasteiger partial charge in [-0.2, -0.15) is 0 Å². The van der Waals surface area contributed by atoms with E-state index in [-0.39, 0.29) is 18.5 Å². The second-order valence-corrected chi connectivity index (χ2v) is 4.58. The molecular weight excluding hydrogens is 224 g/mol. The molecule has 3 unspecified atom stereocenters. The van der Waals surface area contributed by atoms with E-state index < -0.39 is 23.7 Å². The molecule has 0 aromatic rings. The fraction of sp³-hybridized carbons (Fsp3) is 0.727. The second kappa shape index (κ2) is 5.16. The van der Waals surface area contributed by atoms with Crippen molar-refractivity contribution in [2.24, 2.45) is 17.6 Å². The smallest absolute Gasteiger partial charge is 0.315 e. The molecule has 1 saturated heterocycles. The van der Waals surface area contributed by atoms with Gasteiger partial charge >= 0.3 is 5.97 Å². The first-order valence-electron chi connectivity index (χ1n) is 5.67. The highest BCUT2D eigenvalue weighted by Gasteiger charge is 2.35. The van der Waals surface area contributed by atoms with E-state index in [1.54, 1.807) is 0 Å². The number of rotatable bonds is 3. The zero-order valence-electron chi connectivity index (χ0n) is 10.0. The predicted octanol–water partition coefficient (Wildman–Crippen LogP) is -0.181. The van der Waals surface area contributed by atoms with E-state index in [2.05, 4.69) is 0 Å². The minimum Gasteiger partial charge on any atom is -0.481 e. The lowest BCUT2D eigenvalue weighted by molar-refractivity contribution is -0.152. The summed E-state index contributed by atoms with van der Waals surface area (Å²) in [7, 11) is 0. The number of piperidine rings is 1. The van der Waals surface area contributed by atoms with Gasteiger partial charge in [-0.1, -0.05) is 0 Å². The van der Waals surface area contributed by atoms with Crippen LogP contribution in [0, 0.1) is 11.8 Å². The third kappa shape index (κ3) is 2.95. The van der Waals surface area contributed by atoms with E-state index in [9.17, 15) is 14.4 Å². The molecule has 1 rings (SSSR count). The molecule has 0 bridgehead atoms. The SMILES string of the molecule is CC(C(=O)O)C(=O)N1CC(C(N)=O)CCC1C. The lowest BCUT2D eigenvalue weighted by atomic mass is 9.92. The predicted molar refractivity (Wildman–Crippen MR) is 59.9 cm³/mol. The first kappa shape index (κ1) is 13.5. The topological polar surface area (TPSA) is 101 Å². The molecule has 1 fully saturated rings. The van der Waals surface area contributed by atoms with E-state index >= 15 is 0 Å². The maximum Gasteiger partial charge on any atom is 0.315 e. The minimum absolute atomic E-state index is 0.0418. The number of carboxylic acids is 1. The van der Waals surface area contributed by atoms with E-state index in [4.69, 9.17) is 10.8 Å². The number of nitrogens with zero attached hydrogens (tertiary/aromatic N) is 1. The second-order valence-electron chi connectivity index (χ2n) is 4.58. The normalized spacial score (nSPS) is 26.4. The van der Waals surface area contributed by atoms with Crippen molar-refractivity contribution in [1.82, 2.24) is 4.90 Å². The standard InChI is InChI=1S/C11H18N2O4/c1-6-3-4-8(9(12)14)5-13(6)10(15)7(2)11(16)17/h6-8H,3-5H2,1-2H3,(H2,12,14)(H,16,17). The van der Waals surface area contributed by atoms with Crippen molar-refractivity contribution in [3.05, 3.63) is 0 Å². The van der Waals surface area contributed by atoms with Crippen molar-refractivity contribution in [2.45, 2.75) is 32.7 Å². The van der Waals surface area contributed by atoms with Gasteiger partial charge in [0.1, 0.15) is 5.92 Å². The fourth-order valence-corrected chi connectivity index (χ4v) is 2.00. The minimum atomic E-state index is -1.15. The maximum atomic E-state index is 11.9. The molecule has 6 heteroatoms. The Morgan fingerprint density at radius 3 is 2.41 bits per heavy atom. The summed E-state index contributed by atoms with van der Waals surface area (Å²) in [6, 6.07) is -0.0418. The molecule has 3 atom stereocenters. The highest BCUT2D eigenvalue weighted by atomic mass is 16.4. The molecule has 0 spiro atoms. The van der Waals surface area contributed by atoms with Crippen LogP contribution in [-0.4, -0.2) is 40.4 Å². The zero-order valence-corrected chi connectivity index (χ0v) is 10.0. The first-order chi connectivity index (χ1) is 7.84.